The number of carbonyl (C=O) groups is 1. The molecule has 1 aliphatic carbocycles. The predicted octanol–water partition coefficient (Wildman–Crippen LogP) is 3.91. The van der Waals surface area contributed by atoms with Crippen LogP contribution in [0.1, 0.15) is 39.5 Å². The van der Waals surface area contributed by atoms with Crippen LogP contribution in [-0.2, 0) is 11.3 Å². The number of nitrogens with zero attached hydrogens (tertiary/aromatic N) is 2. The molecule has 2 aromatic rings. The highest BCUT2D eigenvalue weighted by atomic mass is 32.1. The van der Waals surface area contributed by atoms with Gasteiger partial charge in [-0.15, -0.1) is 11.3 Å². The van der Waals surface area contributed by atoms with Gasteiger partial charge in [0.05, 0.1) is 23.8 Å². The normalized spacial score (nSPS) is 25.3. The minimum absolute atomic E-state index is 0.136. The van der Waals surface area contributed by atoms with E-state index in [0.717, 1.165) is 36.7 Å². The molecule has 1 saturated carbocycles. The molecule has 0 aromatic carbocycles. The molecule has 2 aromatic heterocycles. The number of hydrogen-bond acceptors (Lipinski definition) is 4. The van der Waals surface area contributed by atoms with Crippen LogP contribution < -0.4 is 0 Å². The van der Waals surface area contributed by atoms with E-state index in [4.69, 9.17) is 4.74 Å². The van der Waals surface area contributed by atoms with Crippen LogP contribution in [0.15, 0.2) is 36.5 Å². The summed E-state index contributed by atoms with van der Waals surface area (Å²) in [7, 11) is 0. The smallest absolute Gasteiger partial charge is 0.263 e. The van der Waals surface area contributed by atoms with Crippen molar-refractivity contribution in [1.29, 1.82) is 0 Å². The van der Waals surface area contributed by atoms with Crippen molar-refractivity contribution < 1.29 is 9.53 Å². The largest absolute Gasteiger partial charge is 0.375 e. The molecular weight excluding hydrogens is 332 g/mol. The summed E-state index contributed by atoms with van der Waals surface area (Å²) in [6.45, 7) is 5.03. The Morgan fingerprint density at radius 1 is 1.40 bits per heavy atom. The van der Waals surface area contributed by atoms with Gasteiger partial charge in [0, 0.05) is 29.6 Å². The first-order chi connectivity index (χ1) is 12.2. The zero-order valence-corrected chi connectivity index (χ0v) is 15.4. The fraction of sp³-hybridized carbons (Fsp3) is 0.500. The monoisotopic (exact) mass is 356 g/mol. The topological polar surface area (TPSA) is 42.4 Å². The molecule has 4 nitrogen and oxygen atoms in total. The van der Waals surface area contributed by atoms with E-state index >= 15 is 0 Å². The number of aromatic nitrogens is 1. The Bertz CT molecular complexity index is 745. The maximum absolute atomic E-state index is 12.8. The number of rotatable bonds is 5. The standard InChI is InChI=1S/C20H24N2O2S/c1-15-7-8-18(25-15)19(23)22-11-16-5-4-9-20(16,13-22)14-24-12-17-6-2-3-10-21-17/h2-3,6-8,10,16H,4-5,9,11-14H2,1H3/t16-,20-/m1/s1. The van der Waals surface area contributed by atoms with Crippen LogP contribution in [0.3, 0.4) is 0 Å². The molecule has 1 amide bonds. The SMILES string of the molecule is Cc1ccc(C(=O)N2C[C@H]3CCC[C@]3(COCc3ccccn3)C2)s1. The summed E-state index contributed by atoms with van der Waals surface area (Å²) in [5.74, 6) is 0.762. The van der Waals surface area contributed by atoms with Crippen molar-refractivity contribution in [3.05, 3.63) is 52.0 Å². The fourth-order valence-electron chi connectivity index (χ4n) is 4.35. The lowest BCUT2D eigenvalue weighted by atomic mass is 9.81. The van der Waals surface area contributed by atoms with Gasteiger partial charge in [0.25, 0.3) is 5.91 Å². The maximum atomic E-state index is 12.8. The van der Waals surface area contributed by atoms with E-state index in [-0.39, 0.29) is 11.3 Å². The number of carbonyl (C=O) groups excluding carboxylic acids is 1. The Balaban J connectivity index is 1.41. The minimum atomic E-state index is 0.136. The maximum Gasteiger partial charge on any atom is 0.263 e. The molecule has 1 aliphatic heterocycles. The molecule has 0 spiro atoms. The molecule has 0 bridgehead atoms. The molecule has 2 atom stereocenters. The molecular formula is C20H24N2O2S. The highest BCUT2D eigenvalue weighted by Crippen LogP contribution is 2.49. The van der Waals surface area contributed by atoms with Gasteiger partial charge in [-0.05, 0) is 49.9 Å². The first-order valence-corrected chi connectivity index (χ1v) is 9.81. The molecule has 0 unspecified atom stereocenters. The molecule has 2 fully saturated rings. The molecule has 0 N–H and O–H groups in total. The Hall–Kier alpha value is -1.72. The van der Waals surface area contributed by atoms with Crippen molar-refractivity contribution in [2.45, 2.75) is 32.8 Å². The number of fused-ring (bicyclic) bond motifs is 1. The van der Waals surface area contributed by atoms with E-state index in [1.54, 1.807) is 17.5 Å². The Kier molecular flexibility index (Phi) is 4.61. The van der Waals surface area contributed by atoms with Crippen LogP contribution in [0.25, 0.3) is 0 Å². The summed E-state index contributed by atoms with van der Waals surface area (Å²) in [6.07, 6.45) is 5.42. The van der Waals surface area contributed by atoms with E-state index in [9.17, 15) is 4.79 Å². The quantitative estimate of drug-likeness (QED) is 0.816. The van der Waals surface area contributed by atoms with E-state index in [2.05, 4.69) is 9.88 Å². The predicted molar refractivity (Wildman–Crippen MR) is 98.6 cm³/mol. The van der Waals surface area contributed by atoms with Gasteiger partial charge >= 0.3 is 0 Å². The van der Waals surface area contributed by atoms with E-state index in [1.807, 2.05) is 37.3 Å². The molecule has 2 aliphatic rings. The van der Waals surface area contributed by atoms with Gasteiger partial charge in [0.1, 0.15) is 0 Å². The Morgan fingerprint density at radius 2 is 2.32 bits per heavy atom. The second-order valence-corrected chi connectivity index (χ2v) is 8.65. The van der Waals surface area contributed by atoms with Crippen LogP contribution in [0.4, 0.5) is 0 Å². The van der Waals surface area contributed by atoms with Crippen molar-refractivity contribution in [3.8, 4) is 0 Å². The summed E-state index contributed by atoms with van der Waals surface area (Å²) in [5.41, 5.74) is 1.10. The summed E-state index contributed by atoms with van der Waals surface area (Å²) >= 11 is 1.59. The molecule has 3 heterocycles. The third-order valence-electron chi connectivity index (χ3n) is 5.64. The average molecular weight is 356 g/mol. The zero-order chi connectivity index (χ0) is 17.3. The van der Waals surface area contributed by atoms with Crippen molar-refractivity contribution in [2.75, 3.05) is 19.7 Å². The van der Waals surface area contributed by atoms with E-state index < -0.39 is 0 Å². The molecule has 132 valence electrons. The summed E-state index contributed by atoms with van der Waals surface area (Å²) in [6, 6.07) is 9.89. The summed E-state index contributed by atoms with van der Waals surface area (Å²) < 4.78 is 6.05. The first-order valence-electron chi connectivity index (χ1n) is 9.00. The van der Waals surface area contributed by atoms with Gasteiger partial charge in [-0.3, -0.25) is 9.78 Å². The zero-order valence-electron chi connectivity index (χ0n) is 14.6. The highest BCUT2D eigenvalue weighted by molar-refractivity contribution is 7.13. The van der Waals surface area contributed by atoms with Crippen LogP contribution in [0.5, 0.6) is 0 Å². The fourth-order valence-corrected chi connectivity index (χ4v) is 5.19. The lowest BCUT2D eigenvalue weighted by molar-refractivity contribution is 0.0252. The Morgan fingerprint density at radius 3 is 3.08 bits per heavy atom. The average Bonchev–Trinajstić information content (AvgIpc) is 3.29. The third kappa shape index (κ3) is 3.35. The summed E-state index contributed by atoms with van der Waals surface area (Å²) in [4.78, 5) is 21.2. The van der Waals surface area contributed by atoms with Crippen LogP contribution in [0.2, 0.25) is 0 Å². The van der Waals surface area contributed by atoms with Gasteiger partial charge in [-0.2, -0.15) is 0 Å². The number of pyridine rings is 1. The first kappa shape index (κ1) is 16.7. The number of thiophene rings is 1. The number of amides is 1. The van der Waals surface area contributed by atoms with Crippen molar-refractivity contribution in [1.82, 2.24) is 9.88 Å². The van der Waals surface area contributed by atoms with Crippen molar-refractivity contribution in [2.24, 2.45) is 11.3 Å². The van der Waals surface area contributed by atoms with Crippen molar-refractivity contribution in [3.63, 3.8) is 0 Å². The van der Waals surface area contributed by atoms with Crippen LogP contribution in [0, 0.1) is 18.3 Å². The molecule has 4 rings (SSSR count). The number of ether oxygens (including phenoxy) is 1. The Labute approximate surface area is 152 Å². The second kappa shape index (κ2) is 6.89. The second-order valence-electron chi connectivity index (χ2n) is 7.36. The number of likely N-dealkylation sites (tertiary alicyclic amines) is 1. The summed E-state index contributed by atoms with van der Waals surface area (Å²) in [5, 5.41) is 0. The van der Waals surface area contributed by atoms with Gasteiger partial charge in [-0.1, -0.05) is 12.5 Å². The van der Waals surface area contributed by atoms with Gasteiger partial charge in [-0.25, -0.2) is 0 Å². The number of hydrogen-bond donors (Lipinski definition) is 0. The molecule has 1 saturated heterocycles. The molecule has 25 heavy (non-hydrogen) atoms. The lowest BCUT2D eigenvalue weighted by Crippen LogP contribution is -2.34. The van der Waals surface area contributed by atoms with Gasteiger partial charge < -0.3 is 9.64 Å². The number of aryl methyl sites for hydroxylation is 1. The van der Waals surface area contributed by atoms with Crippen molar-refractivity contribution >= 4 is 17.2 Å². The van der Waals surface area contributed by atoms with Gasteiger partial charge in [0.2, 0.25) is 0 Å². The van der Waals surface area contributed by atoms with Crippen LogP contribution >= 0.6 is 11.3 Å². The highest BCUT2D eigenvalue weighted by Gasteiger charge is 2.50. The molecule has 0 radical (unpaired) electrons. The van der Waals surface area contributed by atoms with E-state index in [0.29, 0.717) is 12.5 Å². The minimum Gasteiger partial charge on any atom is -0.375 e. The molecule has 5 heteroatoms. The lowest BCUT2D eigenvalue weighted by Gasteiger charge is -2.28. The van der Waals surface area contributed by atoms with Crippen LogP contribution in [-0.4, -0.2) is 35.5 Å². The van der Waals surface area contributed by atoms with E-state index in [1.165, 1.54) is 17.7 Å². The van der Waals surface area contributed by atoms with Gasteiger partial charge in [0.15, 0.2) is 0 Å². The third-order valence-corrected chi connectivity index (χ3v) is 6.63.